The summed E-state index contributed by atoms with van der Waals surface area (Å²) in [7, 11) is 0. The zero-order chi connectivity index (χ0) is 16.2. The standard InChI is InChI=1S/C16H19N5O2/c17-15(22)10-21-9-12(8-18-21)19-16(23)20-14-7-3-5-11-4-1-2-6-13(11)14/h1-2,4,6,8-9,14H,3,5,7,10H2,(H2,17,22)(H2,19,20,23)/t14-/m0/s1. The Bertz CT molecular complexity index is 725. The van der Waals surface area contributed by atoms with E-state index in [9.17, 15) is 9.59 Å². The number of benzene rings is 1. The van der Waals surface area contributed by atoms with Gasteiger partial charge in [0.15, 0.2) is 0 Å². The van der Waals surface area contributed by atoms with E-state index in [1.807, 2.05) is 12.1 Å². The Kier molecular flexibility index (Phi) is 4.27. The Morgan fingerprint density at radius 1 is 1.35 bits per heavy atom. The first-order valence-corrected chi connectivity index (χ1v) is 7.58. The van der Waals surface area contributed by atoms with Gasteiger partial charge in [-0.25, -0.2) is 4.79 Å². The number of nitrogens with one attached hydrogen (secondary N) is 2. The molecule has 1 heterocycles. The minimum Gasteiger partial charge on any atom is -0.368 e. The van der Waals surface area contributed by atoms with Gasteiger partial charge in [0.2, 0.25) is 5.91 Å². The molecule has 7 heteroatoms. The van der Waals surface area contributed by atoms with E-state index < -0.39 is 5.91 Å². The SMILES string of the molecule is NC(=O)Cn1cc(NC(=O)N[C@H]2CCCc3ccccc32)cn1. The molecule has 1 aromatic carbocycles. The summed E-state index contributed by atoms with van der Waals surface area (Å²) in [5, 5.41) is 9.69. The molecule has 0 saturated carbocycles. The topological polar surface area (TPSA) is 102 Å². The fraction of sp³-hybridized carbons (Fsp3) is 0.312. The summed E-state index contributed by atoms with van der Waals surface area (Å²) in [6.45, 7) is -0.0146. The van der Waals surface area contributed by atoms with E-state index in [0.717, 1.165) is 19.3 Å². The molecule has 0 spiro atoms. The zero-order valence-electron chi connectivity index (χ0n) is 12.7. The molecule has 1 aromatic heterocycles. The Balaban J connectivity index is 1.62. The van der Waals surface area contributed by atoms with Gasteiger partial charge in [0.25, 0.3) is 0 Å². The average molecular weight is 313 g/mol. The Morgan fingerprint density at radius 3 is 3.00 bits per heavy atom. The monoisotopic (exact) mass is 313 g/mol. The van der Waals surface area contributed by atoms with Crippen molar-refractivity contribution in [3.8, 4) is 0 Å². The fourth-order valence-corrected chi connectivity index (χ4v) is 2.90. The molecule has 1 atom stereocenters. The zero-order valence-corrected chi connectivity index (χ0v) is 12.7. The van der Waals surface area contributed by atoms with E-state index in [2.05, 4.69) is 27.9 Å². The third-order valence-electron chi connectivity index (χ3n) is 3.88. The first-order chi connectivity index (χ1) is 11.1. The van der Waals surface area contributed by atoms with Crippen molar-refractivity contribution in [2.75, 3.05) is 5.32 Å². The lowest BCUT2D eigenvalue weighted by Crippen LogP contribution is -2.34. The van der Waals surface area contributed by atoms with Gasteiger partial charge in [0, 0.05) is 6.20 Å². The normalized spacial score (nSPS) is 16.4. The van der Waals surface area contributed by atoms with Gasteiger partial charge < -0.3 is 16.4 Å². The second kappa shape index (κ2) is 6.51. The van der Waals surface area contributed by atoms with Gasteiger partial charge >= 0.3 is 6.03 Å². The fourth-order valence-electron chi connectivity index (χ4n) is 2.90. The number of hydrogen-bond acceptors (Lipinski definition) is 3. The maximum atomic E-state index is 12.2. The molecule has 3 amide bonds. The molecule has 7 nitrogen and oxygen atoms in total. The summed E-state index contributed by atoms with van der Waals surface area (Å²) in [6, 6.07) is 7.91. The van der Waals surface area contributed by atoms with Crippen LogP contribution in [-0.4, -0.2) is 21.7 Å². The third kappa shape index (κ3) is 3.68. The van der Waals surface area contributed by atoms with E-state index in [4.69, 9.17) is 5.73 Å². The molecule has 0 radical (unpaired) electrons. The summed E-state index contributed by atoms with van der Waals surface area (Å²) in [5.41, 5.74) is 8.09. The molecule has 0 saturated heterocycles. The van der Waals surface area contributed by atoms with Crippen LogP contribution in [-0.2, 0) is 17.8 Å². The highest BCUT2D eigenvalue weighted by Crippen LogP contribution is 2.29. The number of rotatable bonds is 4. The van der Waals surface area contributed by atoms with Gasteiger partial charge in [-0.1, -0.05) is 24.3 Å². The third-order valence-corrected chi connectivity index (χ3v) is 3.88. The van der Waals surface area contributed by atoms with Gasteiger partial charge in [-0.05, 0) is 30.4 Å². The summed E-state index contributed by atoms with van der Waals surface area (Å²) >= 11 is 0. The van der Waals surface area contributed by atoms with Crippen molar-refractivity contribution in [1.82, 2.24) is 15.1 Å². The predicted octanol–water partition coefficient (Wildman–Crippen LogP) is 1.57. The van der Waals surface area contributed by atoms with Crippen LogP contribution in [0.25, 0.3) is 0 Å². The van der Waals surface area contributed by atoms with Crippen LogP contribution in [0.4, 0.5) is 10.5 Å². The molecule has 0 fully saturated rings. The minimum atomic E-state index is -0.483. The van der Waals surface area contributed by atoms with E-state index >= 15 is 0 Å². The van der Waals surface area contributed by atoms with E-state index in [1.165, 1.54) is 22.0 Å². The van der Waals surface area contributed by atoms with Gasteiger partial charge in [-0.2, -0.15) is 5.10 Å². The van der Waals surface area contributed by atoms with E-state index in [-0.39, 0.29) is 18.6 Å². The lowest BCUT2D eigenvalue weighted by atomic mass is 9.88. The highest BCUT2D eigenvalue weighted by molar-refractivity contribution is 5.89. The van der Waals surface area contributed by atoms with Crippen molar-refractivity contribution in [3.63, 3.8) is 0 Å². The summed E-state index contributed by atoms with van der Waals surface area (Å²) in [4.78, 5) is 23.0. The van der Waals surface area contributed by atoms with Gasteiger partial charge in [0.05, 0.1) is 17.9 Å². The van der Waals surface area contributed by atoms with Crippen LogP contribution in [0.3, 0.4) is 0 Å². The highest BCUT2D eigenvalue weighted by atomic mass is 16.2. The number of hydrogen-bond donors (Lipinski definition) is 3. The molecular formula is C16H19N5O2. The Hall–Kier alpha value is -2.83. The van der Waals surface area contributed by atoms with E-state index in [0.29, 0.717) is 5.69 Å². The number of nitrogens with zero attached hydrogens (tertiary/aromatic N) is 2. The summed E-state index contributed by atoms with van der Waals surface area (Å²) in [6.07, 6.45) is 6.08. The number of fused-ring (bicyclic) bond motifs is 1. The molecular weight excluding hydrogens is 294 g/mol. The van der Waals surface area contributed by atoms with Gasteiger partial charge in [-0.3, -0.25) is 9.48 Å². The van der Waals surface area contributed by atoms with Crippen molar-refractivity contribution in [3.05, 3.63) is 47.8 Å². The molecule has 0 unspecified atom stereocenters. The molecule has 1 aliphatic rings. The van der Waals surface area contributed by atoms with Crippen molar-refractivity contribution >= 4 is 17.6 Å². The molecule has 23 heavy (non-hydrogen) atoms. The number of carbonyl (C=O) groups excluding carboxylic acids is 2. The summed E-state index contributed by atoms with van der Waals surface area (Å²) < 4.78 is 1.38. The molecule has 120 valence electrons. The lowest BCUT2D eigenvalue weighted by molar-refractivity contribution is -0.118. The second-order valence-corrected chi connectivity index (χ2v) is 5.63. The molecule has 0 bridgehead atoms. The molecule has 2 aromatic rings. The average Bonchev–Trinajstić information content (AvgIpc) is 2.93. The quantitative estimate of drug-likeness (QED) is 0.798. The predicted molar refractivity (Wildman–Crippen MR) is 85.7 cm³/mol. The number of anilines is 1. The van der Waals surface area contributed by atoms with Crippen molar-refractivity contribution in [2.24, 2.45) is 5.73 Å². The number of primary amides is 1. The molecule has 1 aliphatic carbocycles. The van der Waals surface area contributed by atoms with Crippen LogP contribution < -0.4 is 16.4 Å². The van der Waals surface area contributed by atoms with Gasteiger partial charge in [-0.15, -0.1) is 0 Å². The van der Waals surface area contributed by atoms with Crippen LogP contribution in [0.5, 0.6) is 0 Å². The Morgan fingerprint density at radius 2 is 2.17 bits per heavy atom. The molecule has 0 aliphatic heterocycles. The number of urea groups is 1. The van der Waals surface area contributed by atoms with Crippen LogP contribution in [0.1, 0.15) is 30.0 Å². The summed E-state index contributed by atoms with van der Waals surface area (Å²) in [5.74, 6) is -0.483. The molecule has 4 N–H and O–H groups in total. The van der Waals surface area contributed by atoms with Crippen molar-refractivity contribution < 1.29 is 9.59 Å². The largest absolute Gasteiger partial charge is 0.368 e. The first-order valence-electron chi connectivity index (χ1n) is 7.58. The van der Waals surface area contributed by atoms with E-state index in [1.54, 1.807) is 6.20 Å². The second-order valence-electron chi connectivity index (χ2n) is 5.63. The maximum Gasteiger partial charge on any atom is 0.319 e. The number of aryl methyl sites for hydroxylation is 1. The Labute approximate surface area is 133 Å². The van der Waals surface area contributed by atoms with Crippen molar-refractivity contribution in [1.29, 1.82) is 0 Å². The maximum absolute atomic E-state index is 12.2. The van der Waals surface area contributed by atoms with Gasteiger partial charge in [0.1, 0.15) is 6.54 Å². The smallest absolute Gasteiger partial charge is 0.319 e. The number of carbonyl (C=O) groups is 2. The van der Waals surface area contributed by atoms with Crippen LogP contribution in [0.2, 0.25) is 0 Å². The minimum absolute atomic E-state index is 0.0145. The highest BCUT2D eigenvalue weighted by Gasteiger charge is 2.21. The van der Waals surface area contributed by atoms with Crippen LogP contribution in [0, 0.1) is 0 Å². The van der Waals surface area contributed by atoms with Crippen molar-refractivity contribution in [2.45, 2.75) is 31.8 Å². The lowest BCUT2D eigenvalue weighted by Gasteiger charge is -2.26. The number of aromatic nitrogens is 2. The number of nitrogens with two attached hydrogens (primary N) is 1. The van der Waals surface area contributed by atoms with Crippen LogP contribution in [0.15, 0.2) is 36.7 Å². The number of amides is 3. The first kappa shape index (κ1) is 15.1. The molecule has 3 rings (SSSR count). The van der Waals surface area contributed by atoms with Crippen LogP contribution >= 0.6 is 0 Å².